The summed E-state index contributed by atoms with van der Waals surface area (Å²) in [6, 6.07) is 42.5. The second-order valence-electron chi connectivity index (χ2n) is 29.0. The molecule has 6 amide bonds. The summed E-state index contributed by atoms with van der Waals surface area (Å²) in [5.41, 5.74) is 12.8. The maximum Gasteiger partial charge on any atom is 0.261 e. The van der Waals surface area contributed by atoms with E-state index in [-0.39, 0.29) is 35.4 Å². The Hall–Kier alpha value is -8.68. The van der Waals surface area contributed by atoms with Crippen molar-refractivity contribution in [2.24, 2.45) is 0 Å². The van der Waals surface area contributed by atoms with E-state index in [4.69, 9.17) is 0 Å². The van der Waals surface area contributed by atoms with E-state index < -0.39 is 0 Å². The van der Waals surface area contributed by atoms with Gasteiger partial charge in [0.15, 0.2) is 0 Å². The predicted molar refractivity (Wildman–Crippen MR) is 492 cm³/mol. The minimum atomic E-state index is -0.129. The van der Waals surface area contributed by atoms with Gasteiger partial charge in [0.05, 0.1) is 96.9 Å². The third-order valence-corrected chi connectivity index (χ3v) is 38.7. The van der Waals surface area contributed by atoms with E-state index in [1.807, 2.05) is 118 Å². The second-order valence-corrected chi connectivity index (χ2v) is 45.2. The molecule has 26 heteroatoms. The SMILES string of the molecule is Cc1ccc(-c2ccc(C3=C4C(=O)N(C)C(c5ccc(-c6ccc(-c7cc8sc(C)cc8s7)s6)s5)=C4C(=O)N3C)s2)s1.Cc1ccc(C2=C3C(=O)N(C)C(c4ccc(-c5cc6c(C)c7sc(C)cc7c(C)c6s5)s4)=C3C(=O)N2C)s1.Cc1ccc(C2=C3C(=O)N(C)C(c4ccc(-c5sc6c(C)c(C)sc6c5C)s4)=C3C(=O)N2C)s1. The van der Waals surface area contributed by atoms with Crippen molar-refractivity contribution in [3.8, 4) is 48.8 Å². The molecule has 1 aromatic carbocycles. The lowest BCUT2D eigenvalue weighted by Crippen LogP contribution is -2.24. The maximum atomic E-state index is 13.7. The van der Waals surface area contributed by atoms with E-state index in [0.717, 1.165) is 70.7 Å². The zero-order valence-corrected chi connectivity index (χ0v) is 75.8. The van der Waals surface area contributed by atoms with Gasteiger partial charge in [-0.15, -0.1) is 159 Å². The summed E-state index contributed by atoms with van der Waals surface area (Å²) < 4.78 is 8.14. The zero-order chi connectivity index (χ0) is 79.5. The van der Waals surface area contributed by atoms with Crippen molar-refractivity contribution in [3.63, 3.8) is 0 Å². The number of likely N-dealkylation sites (N-methyl/N-ethyl adjacent to an activating group) is 6. The lowest BCUT2D eigenvalue weighted by Gasteiger charge is -2.18. The van der Waals surface area contributed by atoms with E-state index in [2.05, 4.69) is 140 Å². The van der Waals surface area contributed by atoms with Crippen molar-refractivity contribution >= 4 is 267 Å². The number of amides is 6. The molecule has 0 N–H and O–H groups in total. The highest BCUT2D eigenvalue weighted by atomic mass is 32.2. The van der Waals surface area contributed by atoms with E-state index in [1.165, 1.54) is 115 Å². The fourth-order valence-electron chi connectivity index (χ4n) is 15.9. The van der Waals surface area contributed by atoms with Crippen molar-refractivity contribution < 1.29 is 28.8 Å². The first kappa shape index (κ1) is 75.4. The molecule has 0 aliphatic carbocycles. The molecule has 0 saturated heterocycles. The fraction of sp³-hybridized carbons (Fsp3) is 0.182. The van der Waals surface area contributed by atoms with Crippen molar-refractivity contribution in [1.29, 1.82) is 0 Å². The maximum absolute atomic E-state index is 13.7. The number of benzene rings is 1. The number of fused-ring (bicyclic) bond motifs is 7. The van der Waals surface area contributed by atoms with Crippen LogP contribution in [0.4, 0.5) is 0 Å². The molecule has 6 aliphatic heterocycles. The quantitative estimate of drug-likeness (QED) is 0.127. The lowest BCUT2D eigenvalue weighted by atomic mass is 10.0. The van der Waals surface area contributed by atoms with Crippen molar-refractivity contribution in [3.05, 3.63) is 236 Å². The van der Waals surface area contributed by atoms with Crippen molar-refractivity contribution in [1.82, 2.24) is 29.4 Å². The predicted octanol–water partition coefficient (Wildman–Crippen LogP) is 25.2. The van der Waals surface area contributed by atoms with Crippen LogP contribution >= 0.6 is 159 Å². The Morgan fingerprint density at radius 2 is 0.500 bits per heavy atom. The molecular weight excluding hydrogens is 1690 g/mol. The van der Waals surface area contributed by atoms with Crippen LogP contribution in [0.3, 0.4) is 0 Å². The molecule has 14 aromatic heterocycles. The van der Waals surface area contributed by atoms with Crippen molar-refractivity contribution in [2.75, 3.05) is 42.3 Å². The van der Waals surface area contributed by atoms with Gasteiger partial charge >= 0.3 is 0 Å². The Kier molecular flexibility index (Phi) is 18.5. The van der Waals surface area contributed by atoms with Crippen LogP contribution in [0, 0.1) is 69.2 Å². The summed E-state index contributed by atoms with van der Waals surface area (Å²) >= 11 is 24.4. The van der Waals surface area contributed by atoms with Gasteiger partial charge in [-0.2, -0.15) is 0 Å². The van der Waals surface area contributed by atoms with E-state index >= 15 is 0 Å². The van der Waals surface area contributed by atoms with Gasteiger partial charge in [0.1, 0.15) is 0 Å². The molecule has 0 spiro atoms. The van der Waals surface area contributed by atoms with Gasteiger partial charge in [-0.1, -0.05) is 0 Å². The molecule has 12 nitrogen and oxygen atoms in total. The van der Waals surface area contributed by atoms with Crippen LogP contribution in [0.2, 0.25) is 0 Å². The number of thiophene rings is 14. The molecule has 0 fully saturated rings. The number of nitrogens with zero attached hydrogens (tertiary/aromatic N) is 6. The zero-order valence-electron chi connectivity index (χ0n) is 64.4. The number of aryl methyl sites for hydroxylation is 10. The van der Waals surface area contributed by atoms with E-state index in [1.54, 1.807) is 162 Å². The average molecular weight is 1750 g/mol. The van der Waals surface area contributed by atoms with Crippen LogP contribution in [-0.2, 0) is 28.8 Å². The van der Waals surface area contributed by atoms with Gasteiger partial charge in [-0.3, -0.25) is 28.8 Å². The molecule has 0 saturated carbocycles. The molecule has 6 aliphatic rings. The molecule has 570 valence electrons. The Morgan fingerprint density at radius 3 is 0.886 bits per heavy atom. The van der Waals surface area contributed by atoms with E-state index in [0.29, 0.717) is 50.5 Å². The Balaban J connectivity index is 0.000000115. The Morgan fingerprint density at radius 1 is 0.211 bits per heavy atom. The molecule has 20 heterocycles. The van der Waals surface area contributed by atoms with Crippen LogP contribution in [-0.4, -0.2) is 107 Å². The number of carbonyl (C=O) groups is 6. The highest BCUT2D eigenvalue weighted by Crippen LogP contribution is 2.56. The summed E-state index contributed by atoms with van der Waals surface area (Å²) in [4.78, 5) is 116. The van der Waals surface area contributed by atoms with Crippen LogP contribution in [0.15, 0.2) is 155 Å². The average Bonchev–Trinajstić information content (AvgIpc) is 1.56. The number of hydrogen-bond acceptors (Lipinski definition) is 20. The normalized spacial score (nSPS) is 15.9. The minimum absolute atomic E-state index is 0.113. The molecule has 0 bridgehead atoms. The summed E-state index contributed by atoms with van der Waals surface area (Å²) in [5.74, 6) is -0.721. The first-order chi connectivity index (χ1) is 54.6. The van der Waals surface area contributed by atoms with Crippen LogP contribution in [0.5, 0.6) is 0 Å². The molecular formula is C88H68N6O6S14. The number of hydrogen-bond donors (Lipinski definition) is 0. The van der Waals surface area contributed by atoms with Gasteiger partial charge in [-0.05, 0) is 224 Å². The molecule has 0 unspecified atom stereocenters. The van der Waals surface area contributed by atoms with Crippen LogP contribution < -0.4 is 0 Å². The monoisotopic (exact) mass is 1750 g/mol. The highest BCUT2D eigenvalue weighted by molar-refractivity contribution is 7.33. The van der Waals surface area contributed by atoms with Gasteiger partial charge in [0, 0.05) is 149 Å². The van der Waals surface area contributed by atoms with Crippen LogP contribution in [0.1, 0.15) is 80.8 Å². The molecule has 0 radical (unpaired) electrons. The number of carbonyl (C=O) groups excluding carboxylic acids is 6. The Bertz CT molecular complexity index is 6940. The highest BCUT2D eigenvalue weighted by Gasteiger charge is 2.51. The van der Waals surface area contributed by atoms with Gasteiger partial charge in [0.25, 0.3) is 35.4 Å². The number of rotatable bonds is 11. The summed E-state index contributed by atoms with van der Waals surface area (Å²) in [6.07, 6.45) is 0. The molecule has 21 rings (SSSR count). The molecule has 15 aromatic rings. The van der Waals surface area contributed by atoms with Gasteiger partial charge < -0.3 is 29.4 Å². The smallest absolute Gasteiger partial charge is 0.261 e. The van der Waals surface area contributed by atoms with Crippen LogP contribution in [0.25, 0.3) is 122 Å². The lowest BCUT2D eigenvalue weighted by molar-refractivity contribution is -0.123. The Labute approximate surface area is 713 Å². The minimum Gasteiger partial charge on any atom is -0.309 e. The van der Waals surface area contributed by atoms with Crippen molar-refractivity contribution in [2.45, 2.75) is 69.2 Å². The molecule has 114 heavy (non-hydrogen) atoms. The summed E-state index contributed by atoms with van der Waals surface area (Å²) in [7, 11) is 10.6. The summed E-state index contributed by atoms with van der Waals surface area (Å²) in [5, 5.41) is 2.67. The molecule has 0 atom stereocenters. The first-order valence-corrected chi connectivity index (χ1v) is 47.8. The first-order valence-electron chi connectivity index (χ1n) is 36.4. The topological polar surface area (TPSA) is 122 Å². The summed E-state index contributed by atoms with van der Waals surface area (Å²) in [6.45, 7) is 21.5. The fourth-order valence-corrected chi connectivity index (χ4v) is 31.9. The largest absolute Gasteiger partial charge is 0.309 e. The third-order valence-electron chi connectivity index (χ3n) is 21.8. The third kappa shape index (κ3) is 11.8. The van der Waals surface area contributed by atoms with Gasteiger partial charge in [0.2, 0.25) is 0 Å². The second kappa shape index (κ2) is 28.0. The van der Waals surface area contributed by atoms with Gasteiger partial charge in [-0.25, -0.2) is 0 Å². The standard InChI is InChI=1S/C32H22N2O2S6.C30H24N2O2S4.C26H22N2O2S4/c1-15-5-6-17(37-15)18-9-11-22(40-18)29-27-28(32(36)33(29)3)30(34(4)31(27)35)23-12-10-20(41-23)19-7-8-21(39-19)25-14-26-24(42-25)13-16(2)38-26;1-13-7-8-20(35-13)25-23-24(30(34)31(25)5)26(32(6)29(23)33)21-10-9-19(37-21)22-12-18-16(4)27-17(11-14(2)36-27)15(3)28(18)38-22;1-11-7-8-15(31-11)20-18-19(26(30)27(20)5)21(28(6)25(18)29)16-9-10-17(33-16)22-13(3)24-23(34-22)12(2)14(4)32-24/h5-14H,1-4H3;7-12H,1-6H3;7-10H,1-6H3. The van der Waals surface area contributed by atoms with E-state index in [9.17, 15) is 28.8 Å².